The molecule has 1 aliphatic carbocycles. The molecule has 2 fully saturated rings. The third-order valence-electron chi connectivity index (χ3n) is 6.08. The Hall–Kier alpha value is -1.60. The maximum absolute atomic E-state index is 13.0. The Kier molecular flexibility index (Phi) is 4.69. The van der Waals surface area contributed by atoms with Crippen LogP contribution in [0, 0.1) is 5.92 Å². The predicted octanol–water partition coefficient (Wildman–Crippen LogP) is 2.25. The molecule has 0 radical (unpaired) electrons. The van der Waals surface area contributed by atoms with Gasteiger partial charge in [0.15, 0.2) is 0 Å². The number of hydrogen-bond acceptors (Lipinski definition) is 4. The van der Waals surface area contributed by atoms with Crippen molar-refractivity contribution >= 4 is 15.9 Å². The van der Waals surface area contributed by atoms with Gasteiger partial charge in [0, 0.05) is 32.5 Å². The number of carbonyl (C=O) groups excluding carboxylic acids is 1. The molecule has 2 aliphatic heterocycles. The highest BCUT2D eigenvalue weighted by atomic mass is 32.2. The van der Waals surface area contributed by atoms with Gasteiger partial charge in [0.1, 0.15) is 16.7 Å². The van der Waals surface area contributed by atoms with Crippen molar-refractivity contribution in [2.75, 3.05) is 20.1 Å². The molecule has 6 nitrogen and oxygen atoms in total. The quantitative estimate of drug-likeness (QED) is 0.752. The zero-order valence-electron chi connectivity index (χ0n) is 15.1. The van der Waals surface area contributed by atoms with Crippen molar-refractivity contribution in [3.05, 3.63) is 24.3 Å². The summed E-state index contributed by atoms with van der Waals surface area (Å²) in [5.74, 6) is 0.813. The molecule has 7 heteroatoms. The lowest BCUT2D eigenvalue weighted by Crippen LogP contribution is -2.44. The van der Waals surface area contributed by atoms with Crippen molar-refractivity contribution < 1.29 is 17.9 Å². The van der Waals surface area contributed by atoms with Gasteiger partial charge in [-0.15, -0.1) is 0 Å². The molecule has 1 saturated heterocycles. The summed E-state index contributed by atoms with van der Waals surface area (Å²) in [6, 6.07) is 6.57. The molecule has 0 unspecified atom stereocenters. The standard InChI is InChI=1S/C19H26N2O4S/c1-20-15-10-12-21(19(22)14-6-2-3-7-14)13-11-16(15)25-17-8-4-5-9-18(17)26(20,23)24/h4-5,8-9,14-16H,2-3,6-7,10-13H2,1H3/t15-,16-/m1/s1. The summed E-state index contributed by atoms with van der Waals surface area (Å²) in [6.07, 6.45) is 5.26. The van der Waals surface area contributed by atoms with Crippen LogP contribution in [-0.4, -0.2) is 55.8 Å². The van der Waals surface area contributed by atoms with Gasteiger partial charge in [-0.2, -0.15) is 4.31 Å². The van der Waals surface area contributed by atoms with Gasteiger partial charge in [0.25, 0.3) is 0 Å². The number of likely N-dealkylation sites (N-methyl/N-ethyl adjacent to an activating group) is 1. The number of nitrogens with zero attached hydrogens (tertiary/aromatic N) is 2. The van der Waals surface area contributed by atoms with Crippen LogP contribution in [-0.2, 0) is 14.8 Å². The van der Waals surface area contributed by atoms with Gasteiger partial charge in [0.05, 0.1) is 6.04 Å². The second-order valence-corrected chi connectivity index (χ2v) is 9.54. The lowest BCUT2D eigenvalue weighted by molar-refractivity contribution is -0.135. The van der Waals surface area contributed by atoms with Gasteiger partial charge < -0.3 is 9.64 Å². The molecule has 4 rings (SSSR count). The highest BCUT2D eigenvalue weighted by Gasteiger charge is 2.42. The highest BCUT2D eigenvalue weighted by molar-refractivity contribution is 7.89. The Bertz CT molecular complexity index is 788. The van der Waals surface area contributed by atoms with Gasteiger partial charge in [0.2, 0.25) is 15.9 Å². The van der Waals surface area contributed by atoms with E-state index in [-0.39, 0.29) is 28.9 Å². The molecule has 0 bridgehead atoms. The first-order valence-electron chi connectivity index (χ1n) is 9.51. The molecule has 2 atom stereocenters. The fraction of sp³-hybridized carbons (Fsp3) is 0.632. The molecular formula is C19H26N2O4S. The minimum atomic E-state index is -3.59. The summed E-state index contributed by atoms with van der Waals surface area (Å²) in [7, 11) is -1.96. The lowest BCUT2D eigenvalue weighted by atomic mass is 10.1. The molecule has 1 amide bonds. The average molecular weight is 378 g/mol. The summed E-state index contributed by atoms with van der Waals surface area (Å²) in [4.78, 5) is 14.9. The number of likely N-dealkylation sites (tertiary alicyclic amines) is 1. The normalized spacial score (nSPS) is 29.2. The molecule has 1 aromatic rings. The molecule has 0 N–H and O–H groups in total. The number of para-hydroxylation sites is 1. The third kappa shape index (κ3) is 3.01. The number of amides is 1. The maximum Gasteiger partial charge on any atom is 0.246 e. The summed E-state index contributed by atoms with van der Waals surface area (Å²) >= 11 is 0. The van der Waals surface area contributed by atoms with Crippen LogP contribution in [0.3, 0.4) is 0 Å². The van der Waals surface area contributed by atoms with Gasteiger partial charge in [-0.25, -0.2) is 8.42 Å². The van der Waals surface area contributed by atoms with Crippen molar-refractivity contribution in [1.29, 1.82) is 0 Å². The average Bonchev–Trinajstić information content (AvgIpc) is 3.07. The SMILES string of the molecule is CN1[C@@H]2CCN(C(=O)C3CCCC3)CC[C@H]2Oc2ccccc2S1(=O)=O. The predicted molar refractivity (Wildman–Crippen MR) is 97.4 cm³/mol. The van der Waals surface area contributed by atoms with E-state index < -0.39 is 10.0 Å². The Morgan fingerprint density at radius 2 is 1.77 bits per heavy atom. The van der Waals surface area contributed by atoms with E-state index in [1.807, 2.05) is 4.90 Å². The van der Waals surface area contributed by atoms with E-state index in [1.165, 1.54) is 4.31 Å². The monoisotopic (exact) mass is 378 g/mol. The summed E-state index contributed by atoms with van der Waals surface area (Å²) in [6.45, 7) is 1.22. The van der Waals surface area contributed by atoms with E-state index in [4.69, 9.17) is 4.74 Å². The number of fused-ring (bicyclic) bond motifs is 2. The molecule has 0 spiro atoms. The van der Waals surface area contributed by atoms with E-state index in [9.17, 15) is 13.2 Å². The van der Waals surface area contributed by atoms with Crippen LogP contribution in [0.2, 0.25) is 0 Å². The van der Waals surface area contributed by atoms with Crippen molar-refractivity contribution in [2.24, 2.45) is 5.92 Å². The first-order chi connectivity index (χ1) is 12.5. The largest absolute Gasteiger partial charge is 0.487 e. The number of rotatable bonds is 1. The van der Waals surface area contributed by atoms with Crippen molar-refractivity contribution in [3.63, 3.8) is 0 Å². The Labute approximate surface area is 155 Å². The molecule has 1 aromatic carbocycles. The Morgan fingerprint density at radius 3 is 2.54 bits per heavy atom. The summed E-state index contributed by atoms with van der Waals surface area (Å²) < 4.78 is 33.6. The minimum absolute atomic E-state index is 0.154. The first-order valence-corrected chi connectivity index (χ1v) is 10.9. The van der Waals surface area contributed by atoms with E-state index >= 15 is 0 Å². The zero-order valence-corrected chi connectivity index (χ0v) is 16.0. The maximum atomic E-state index is 13.0. The first kappa shape index (κ1) is 17.8. The van der Waals surface area contributed by atoms with E-state index in [2.05, 4.69) is 0 Å². The molecule has 0 aromatic heterocycles. The topological polar surface area (TPSA) is 66.9 Å². The molecule has 26 heavy (non-hydrogen) atoms. The second kappa shape index (κ2) is 6.85. The minimum Gasteiger partial charge on any atom is -0.487 e. The van der Waals surface area contributed by atoms with E-state index in [1.54, 1.807) is 31.3 Å². The van der Waals surface area contributed by atoms with Crippen LogP contribution >= 0.6 is 0 Å². The van der Waals surface area contributed by atoms with Crippen LogP contribution in [0.5, 0.6) is 5.75 Å². The molecule has 142 valence electrons. The molecule has 3 aliphatic rings. The summed E-state index contributed by atoms with van der Waals surface area (Å²) in [5.41, 5.74) is 0. The van der Waals surface area contributed by atoms with Gasteiger partial charge in [-0.3, -0.25) is 4.79 Å². The number of sulfonamides is 1. The fourth-order valence-corrected chi connectivity index (χ4v) is 6.05. The van der Waals surface area contributed by atoms with E-state index in [0.29, 0.717) is 31.7 Å². The van der Waals surface area contributed by atoms with Crippen LogP contribution in [0.15, 0.2) is 29.2 Å². The molecule has 1 saturated carbocycles. The highest BCUT2D eigenvalue weighted by Crippen LogP contribution is 2.36. The van der Waals surface area contributed by atoms with Gasteiger partial charge in [-0.05, 0) is 31.4 Å². The van der Waals surface area contributed by atoms with E-state index in [0.717, 1.165) is 25.7 Å². The van der Waals surface area contributed by atoms with Gasteiger partial charge in [-0.1, -0.05) is 25.0 Å². The van der Waals surface area contributed by atoms with Crippen LogP contribution in [0.25, 0.3) is 0 Å². The Balaban J connectivity index is 1.59. The smallest absolute Gasteiger partial charge is 0.246 e. The van der Waals surface area contributed by atoms with Crippen LogP contribution < -0.4 is 4.74 Å². The number of hydrogen-bond donors (Lipinski definition) is 0. The van der Waals surface area contributed by atoms with Crippen LogP contribution in [0.1, 0.15) is 38.5 Å². The Morgan fingerprint density at radius 1 is 1.08 bits per heavy atom. The van der Waals surface area contributed by atoms with Crippen molar-refractivity contribution in [3.8, 4) is 5.75 Å². The fourth-order valence-electron chi connectivity index (χ4n) is 4.52. The number of carbonyl (C=O) groups is 1. The third-order valence-corrected chi connectivity index (χ3v) is 8.00. The number of ether oxygens (including phenoxy) is 1. The number of benzene rings is 1. The lowest BCUT2D eigenvalue weighted by Gasteiger charge is -2.28. The summed E-state index contributed by atoms with van der Waals surface area (Å²) in [5, 5.41) is 0. The van der Waals surface area contributed by atoms with Crippen molar-refractivity contribution in [1.82, 2.24) is 9.21 Å². The molecular weight excluding hydrogens is 352 g/mol. The van der Waals surface area contributed by atoms with Crippen molar-refractivity contribution in [2.45, 2.75) is 55.6 Å². The second-order valence-electron chi connectivity index (χ2n) is 7.58. The van der Waals surface area contributed by atoms with Gasteiger partial charge >= 0.3 is 0 Å². The molecule has 2 heterocycles. The zero-order chi connectivity index (χ0) is 18.3. The van der Waals surface area contributed by atoms with Crippen LogP contribution in [0.4, 0.5) is 0 Å².